The number of carboxylic acids is 1. The van der Waals surface area contributed by atoms with E-state index < -0.39 is 41.1 Å². The van der Waals surface area contributed by atoms with E-state index in [0.29, 0.717) is 29.8 Å². The lowest BCUT2D eigenvalue weighted by Gasteiger charge is -2.39. The van der Waals surface area contributed by atoms with Crippen LogP contribution in [-0.2, 0) is 9.84 Å². The number of piperidine rings is 1. The molecule has 42 heavy (non-hydrogen) atoms. The van der Waals surface area contributed by atoms with E-state index in [9.17, 15) is 18.3 Å². The molecule has 4 aliphatic rings. The van der Waals surface area contributed by atoms with Crippen molar-refractivity contribution in [2.45, 2.75) is 25.8 Å². The van der Waals surface area contributed by atoms with E-state index in [4.69, 9.17) is 0 Å². The molecule has 2 aromatic carbocycles. The van der Waals surface area contributed by atoms with E-state index in [-0.39, 0.29) is 17.1 Å². The van der Waals surface area contributed by atoms with Crippen molar-refractivity contribution in [3.63, 3.8) is 0 Å². The molecule has 2 saturated heterocycles. The highest BCUT2D eigenvalue weighted by molar-refractivity contribution is 7.91. The number of allylic oxidation sites excluding steroid dienone is 5. The standard InChI is InChI=1S/C32H32F2N2O4SSi/c1-3-42(2)28-19-22(35-11-5-4-6-12-35)7-9-24(28)30(31-26(33)17-21(32(37)38)18-27(31)34)25-10-8-23(20-29(25)42)36-13-15-41(39,40)16-14-36/h3,7-10,17-20H,1,4-6,11-16H2,2H3. The molecule has 1 unspecified atom stereocenters. The molecule has 3 aliphatic heterocycles. The number of carbonyl (C=O) groups excluding carboxylic acids is 1. The van der Waals surface area contributed by atoms with E-state index in [2.05, 4.69) is 24.1 Å². The van der Waals surface area contributed by atoms with Gasteiger partial charge < -0.3 is 14.8 Å². The molecule has 6 nitrogen and oxygen atoms in total. The lowest BCUT2D eigenvalue weighted by atomic mass is 9.88. The van der Waals surface area contributed by atoms with Gasteiger partial charge in [0.15, 0.2) is 28.6 Å². The van der Waals surface area contributed by atoms with Crippen molar-refractivity contribution in [1.29, 1.82) is 0 Å². The molecule has 0 spiro atoms. The molecule has 0 amide bonds. The minimum Gasteiger partial charge on any atom is -0.545 e. The van der Waals surface area contributed by atoms with Gasteiger partial charge in [-0.1, -0.05) is 18.3 Å². The highest BCUT2D eigenvalue weighted by Crippen LogP contribution is 2.44. The Morgan fingerprint density at radius 2 is 1.71 bits per heavy atom. The Morgan fingerprint density at radius 3 is 2.33 bits per heavy atom. The molecule has 0 saturated carbocycles. The van der Waals surface area contributed by atoms with Crippen LogP contribution in [0, 0.1) is 11.6 Å². The summed E-state index contributed by atoms with van der Waals surface area (Å²) >= 11 is 0. The second-order valence-corrected chi connectivity index (χ2v) is 17.7. The number of hydrogen-bond acceptors (Lipinski definition) is 5. The number of aromatic carboxylic acids is 1. The van der Waals surface area contributed by atoms with Gasteiger partial charge in [0.2, 0.25) is 0 Å². The highest BCUT2D eigenvalue weighted by Gasteiger charge is 2.43. The Kier molecular flexibility index (Phi) is 7.17. The summed E-state index contributed by atoms with van der Waals surface area (Å²) in [7, 11) is -5.76. The largest absolute Gasteiger partial charge is 0.545 e. The first-order chi connectivity index (χ1) is 20.0. The van der Waals surface area contributed by atoms with Crippen LogP contribution in [0.25, 0.3) is 5.57 Å². The van der Waals surface area contributed by atoms with Crippen molar-refractivity contribution < 1.29 is 31.7 Å². The van der Waals surface area contributed by atoms with Gasteiger partial charge in [0.1, 0.15) is 31.2 Å². The number of carboxylic acid groups (broad SMARTS) is 1. The maximum atomic E-state index is 15.7. The number of fused-ring (bicyclic) bond motifs is 2. The first-order valence-electron chi connectivity index (χ1n) is 14.2. The smallest absolute Gasteiger partial charge is 0.199 e. The van der Waals surface area contributed by atoms with Crippen molar-refractivity contribution in [2.24, 2.45) is 0 Å². The molecule has 0 radical (unpaired) electrons. The maximum Gasteiger partial charge on any atom is 0.199 e. The molecule has 0 bridgehead atoms. The van der Waals surface area contributed by atoms with Crippen molar-refractivity contribution in [3.8, 4) is 0 Å². The average molecular weight is 607 g/mol. The zero-order chi connectivity index (χ0) is 29.8. The van der Waals surface area contributed by atoms with Crippen LogP contribution < -0.4 is 15.2 Å². The molecule has 2 aromatic rings. The van der Waals surface area contributed by atoms with Crippen molar-refractivity contribution in [3.05, 3.63) is 99.9 Å². The number of halogens is 2. The monoisotopic (exact) mass is 606 g/mol. The molecule has 1 aliphatic carbocycles. The number of anilines is 1. The third-order valence-corrected chi connectivity index (χ3v) is 14.5. The first kappa shape index (κ1) is 28.5. The summed E-state index contributed by atoms with van der Waals surface area (Å²) in [5.41, 5.74) is 4.77. The molecular formula is C32H32F2N2O4SSi. The van der Waals surface area contributed by atoms with E-state index in [1.54, 1.807) is 0 Å². The van der Waals surface area contributed by atoms with Crippen LogP contribution in [0.5, 0.6) is 0 Å². The van der Waals surface area contributed by atoms with E-state index in [0.717, 1.165) is 59.8 Å². The van der Waals surface area contributed by atoms with E-state index in [1.807, 2.05) is 40.6 Å². The Morgan fingerprint density at radius 1 is 1.05 bits per heavy atom. The van der Waals surface area contributed by atoms with Crippen LogP contribution in [0.3, 0.4) is 0 Å². The lowest BCUT2D eigenvalue weighted by molar-refractivity contribution is -0.519. The summed E-state index contributed by atoms with van der Waals surface area (Å²) in [6.45, 7) is 9.03. The van der Waals surface area contributed by atoms with Gasteiger partial charge in [-0.25, -0.2) is 21.8 Å². The van der Waals surface area contributed by atoms with Crippen molar-refractivity contribution >= 4 is 46.0 Å². The van der Waals surface area contributed by atoms with Crippen LogP contribution in [0.2, 0.25) is 6.55 Å². The topological polar surface area (TPSA) is 80.5 Å². The third kappa shape index (κ3) is 4.80. The number of benzene rings is 2. The number of rotatable bonds is 4. The number of hydrogen-bond donors (Lipinski definition) is 0. The Labute approximate surface area is 245 Å². The van der Waals surface area contributed by atoms with Gasteiger partial charge in [0.25, 0.3) is 0 Å². The summed E-state index contributed by atoms with van der Waals surface area (Å²) in [6, 6.07) is 7.69. The maximum absolute atomic E-state index is 15.7. The summed E-state index contributed by atoms with van der Waals surface area (Å²) in [5.74, 6) is -3.47. The molecule has 3 heterocycles. The van der Waals surface area contributed by atoms with Gasteiger partial charge in [-0.3, -0.25) is 0 Å². The summed E-state index contributed by atoms with van der Waals surface area (Å²) in [5, 5.41) is 13.3. The predicted molar refractivity (Wildman–Crippen MR) is 162 cm³/mol. The van der Waals surface area contributed by atoms with Gasteiger partial charge in [-0.15, -0.1) is 6.58 Å². The highest BCUT2D eigenvalue weighted by atomic mass is 32.2. The zero-order valence-electron chi connectivity index (χ0n) is 23.5. The summed E-state index contributed by atoms with van der Waals surface area (Å²) in [4.78, 5) is 13.8. The van der Waals surface area contributed by atoms with E-state index >= 15 is 8.78 Å². The Hall–Kier alpha value is -3.63. The van der Waals surface area contributed by atoms with Crippen LogP contribution in [-0.4, -0.2) is 70.4 Å². The molecule has 6 rings (SSSR count). The second kappa shape index (κ2) is 10.6. The van der Waals surface area contributed by atoms with Crippen molar-refractivity contribution in [2.75, 3.05) is 42.6 Å². The minimum atomic E-state index is -3.08. The van der Waals surface area contributed by atoms with Crippen LogP contribution in [0.4, 0.5) is 14.5 Å². The van der Waals surface area contributed by atoms with Gasteiger partial charge in [-0.2, -0.15) is 0 Å². The SMILES string of the molecule is C=C[Si]1(C)C2=CC(=[N+]3CCS(=O)(=O)CC3)C=CC2=C(c2c(F)cc(C(=O)[O-])cc2F)c2ccc(N3CCCCC3)cc21. The lowest BCUT2D eigenvalue weighted by Crippen LogP contribution is -2.51. The fourth-order valence-corrected chi connectivity index (χ4v) is 10.9. The third-order valence-electron chi connectivity index (χ3n) is 9.03. The number of nitrogens with zero attached hydrogens (tertiary/aromatic N) is 2. The normalized spacial score (nSPS) is 23.3. The molecule has 2 fully saturated rings. The Bertz CT molecular complexity index is 1730. The van der Waals surface area contributed by atoms with Gasteiger partial charge in [-0.05, 0) is 71.1 Å². The van der Waals surface area contributed by atoms with E-state index in [1.165, 1.54) is 6.42 Å². The number of sulfone groups is 1. The first-order valence-corrected chi connectivity index (χ1v) is 18.6. The predicted octanol–water partition coefficient (Wildman–Crippen LogP) is 3.06. The second-order valence-electron chi connectivity index (χ2n) is 11.5. The fourth-order valence-electron chi connectivity index (χ4n) is 6.59. The van der Waals surface area contributed by atoms with Crippen LogP contribution in [0.15, 0.2) is 71.6 Å². The average Bonchev–Trinajstić information content (AvgIpc) is 2.98. The minimum absolute atomic E-state index is 0.0703. The fraction of sp³-hybridized carbons (Fsp3) is 0.312. The molecule has 1 atom stereocenters. The molecule has 0 N–H and O–H groups in total. The molecule has 0 aromatic heterocycles. The molecule has 10 heteroatoms. The summed E-state index contributed by atoms with van der Waals surface area (Å²) < 4.78 is 57.6. The van der Waals surface area contributed by atoms with Crippen LogP contribution in [0.1, 0.15) is 40.7 Å². The van der Waals surface area contributed by atoms with Gasteiger partial charge in [0, 0.05) is 42.1 Å². The van der Waals surface area contributed by atoms with Gasteiger partial charge >= 0.3 is 0 Å². The summed E-state index contributed by atoms with van der Waals surface area (Å²) in [6.07, 6.45) is 9.14. The quantitative estimate of drug-likeness (QED) is 0.395. The van der Waals surface area contributed by atoms with Crippen LogP contribution >= 0.6 is 0 Å². The van der Waals surface area contributed by atoms with Gasteiger partial charge in [0.05, 0.1) is 11.5 Å². The number of carbonyl (C=O) groups is 1. The van der Waals surface area contributed by atoms with Crippen molar-refractivity contribution in [1.82, 2.24) is 0 Å². The Balaban J connectivity index is 1.61. The molecule has 218 valence electrons. The molecular weight excluding hydrogens is 575 g/mol. The zero-order valence-corrected chi connectivity index (χ0v) is 25.3.